The van der Waals surface area contributed by atoms with Crippen molar-refractivity contribution in [1.82, 2.24) is 14.7 Å². The molecule has 0 aromatic rings. The molecule has 3 rings (SSSR count). The molecule has 40 heavy (non-hydrogen) atoms. The maximum Gasteiger partial charge on any atom is 0.249 e. The first-order chi connectivity index (χ1) is 18.3. The second-order valence-electron chi connectivity index (χ2n) is 14.7. The average Bonchev–Trinajstić information content (AvgIpc) is 3.32. The molecule has 3 fully saturated rings. The van der Waals surface area contributed by atoms with Gasteiger partial charge in [-0.1, -0.05) is 53.7 Å². The molecule has 8 heteroatoms. The van der Waals surface area contributed by atoms with Crippen molar-refractivity contribution in [2.45, 2.75) is 104 Å². The molecule has 3 heterocycles. The summed E-state index contributed by atoms with van der Waals surface area (Å²) in [7, 11) is 1.71. The van der Waals surface area contributed by atoms with Crippen molar-refractivity contribution in [3.63, 3.8) is 0 Å². The van der Waals surface area contributed by atoms with Gasteiger partial charge in [0.05, 0.1) is 30.1 Å². The van der Waals surface area contributed by atoms with Crippen molar-refractivity contribution in [1.29, 1.82) is 0 Å². The molecule has 1 spiro atoms. The maximum absolute atomic E-state index is 14.9. The highest BCUT2D eigenvalue weighted by Crippen LogP contribution is 2.66. The van der Waals surface area contributed by atoms with Crippen LogP contribution in [0.25, 0.3) is 0 Å². The van der Waals surface area contributed by atoms with Gasteiger partial charge in [-0.15, -0.1) is 13.2 Å². The zero-order chi connectivity index (χ0) is 30.6. The number of aliphatic hydroxyl groups excluding tert-OH is 1. The summed E-state index contributed by atoms with van der Waals surface area (Å²) in [5.74, 6) is -2.39. The largest absolute Gasteiger partial charge is 0.394 e. The minimum absolute atomic E-state index is 0.0556. The van der Waals surface area contributed by atoms with Gasteiger partial charge in [0.15, 0.2) is 0 Å². The number of carbonyl (C=O) groups is 3. The number of fused-ring (bicyclic) bond motifs is 1. The van der Waals surface area contributed by atoms with Gasteiger partial charge in [0, 0.05) is 25.7 Å². The van der Waals surface area contributed by atoms with Gasteiger partial charge in [-0.2, -0.15) is 0 Å². The normalized spacial score (nSPS) is 32.3. The van der Waals surface area contributed by atoms with Crippen LogP contribution < -0.4 is 0 Å². The van der Waals surface area contributed by atoms with E-state index < -0.39 is 40.7 Å². The zero-order valence-electron chi connectivity index (χ0n) is 26.5. The number of likely N-dealkylation sites (N-methyl/N-ethyl adjacent to an activating group) is 1. The van der Waals surface area contributed by atoms with Crippen molar-refractivity contribution in [3.05, 3.63) is 25.3 Å². The molecule has 0 aromatic carbocycles. The Morgan fingerprint density at radius 2 is 1.73 bits per heavy atom. The fourth-order valence-corrected chi connectivity index (χ4v) is 8.14. The molecule has 3 aliphatic heterocycles. The van der Waals surface area contributed by atoms with Gasteiger partial charge in [0.25, 0.3) is 0 Å². The molecule has 0 aliphatic carbocycles. The van der Waals surface area contributed by atoms with E-state index in [0.29, 0.717) is 19.5 Å². The number of amides is 3. The number of aliphatic hydroxyl groups is 1. The van der Waals surface area contributed by atoms with Crippen LogP contribution in [0.5, 0.6) is 0 Å². The third kappa shape index (κ3) is 5.04. The molecule has 226 valence electrons. The van der Waals surface area contributed by atoms with E-state index in [9.17, 15) is 19.5 Å². The number of rotatable bonds is 11. The van der Waals surface area contributed by atoms with Crippen molar-refractivity contribution in [3.8, 4) is 0 Å². The fourth-order valence-electron chi connectivity index (χ4n) is 8.14. The average molecular weight is 560 g/mol. The van der Waals surface area contributed by atoms with Crippen molar-refractivity contribution < 1.29 is 24.2 Å². The Balaban J connectivity index is 2.24. The van der Waals surface area contributed by atoms with Gasteiger partial charge in [0.1, 0.15) is 11.6 Å². The molecule has 3 amide bonds. The van der Waals surface area contributed by atoms with Crippen LogP contribution in [-0.2, 0) is 19.1 Å². The Labute approximate surface area is 241 Å². The molecule has 1 N–H and O–H groups in total. The number of hydrogen-bond acceptors (Lipinski definition) is 5. The van der Waals surface area contributed by atoms with Crippen molar-refractivity contribution in [2.75, 3.05) is 26.7 Å². The highest BCUT2D eigenvalue weighted by molar-refractivity contribution is 5.99. The third-order valence-electron chi connectivity index (χ3n) is 9.62. The summed E-state index contributed by atoms with van der Waals surface area (Å²) < 4.78 is 6.91. The van der Waals surface area contributed by atoms with Gasteiger partial charge < -0.3 is 24.5 Å². The van der Waals surface area contributed by atoms with Gasteiger partial charge in [-0.25, -0.2) is 0 Å². The lowest BCUT2D eigenvalue weighted by Crippen LogP contribution is -2.63. The van der Waals surface area contributed by atoms with Crippen molar-refractivity contribution >= 4 is 17.7 Å². The van der Waals surface area contributed by atoms with E-state index in [-0.39, 0.29) is 41.6 Å². The predicted octanol–water partition coefficient (Wildman–Crippen LogP) is 3.89. The number of hydrogen-bond donors (Lipinski definition) is 1. The summed E-state index contributed by atoms with van der Waals surface area (Å²) in [4.78, 5) is 48.4. The van der Waals surface area contributed by atoms with Crippen LogP contribution in [0, 0.1) is 29.1 Å². The highest BCUT2D eigenvalue weighted by atomic mass is 16.5. The van der Waals surface area contributed by atoms with Crippen LogP contribution in [-0.4, -0.2) is 93.1 Å². The Morgan fingerprint density at radius 3 is 2.20 bits per heavy atom. The van der Waals surface area contributed by atoms with E-state index in [0.717, 1.165) is 6.42 Å². The van der Waals surface area contributed by atoms with Crippen LogP contribution in [0.1, 0.15) is 75.2 Å². The standard InChI is InChI=1S/C32H53N3O5/c1-13-15-33(12)26(37)23-24-27(38)35(22(18-36)20(3)4)25(32(24)17-21(5)31(23,11)40-32)28(39)34(16-14-2)30(9,10)19-29(6,7)8/h13-14,20-25,36H,1-2,15-19H2,3-12H3/t21?,22-,23-,24-,25?,31+,32?/m0/s1. The first-order valence-corrected chi connectivity index (χ1v) is 14.8. The van der Waals surface area contributed by atoms with E-state index in [1.807, 2.05) is 32.6 Å². The fraction of sp³-hybridized carbons (Fsp3) is 0.781. The van der Waals surface area contributed by atoms with Gasteiger partial charge >= 0.3 is 0 Å². The van der Waals surface area contributed by atoms with Gasteiger partial charge in [0.2, 0.25) is 17.7 Å². The summed E-state index contributed by atoms with van der Waals surface area (Å²) in [6.07, 6.45) is 4.60. The third-order valence-corrected chi connectivity index (χ3v) is 9.62. The minimum Gasteiger partial charge on any atom is -0.394 e. The predicted molar refractivity (Wildman–Crippen MR) is 157 cm³/mol. The topological polar surface area (TPSA) is 90.4 Å². The van der Waals surface area contributed by atoms with Gasteiger partial charge in [-0.05, 0) is 50.9 Å². The lowest BCUT2D eigenvalue weighted by atomic mass is 9.62. The van der Waals surface area contributed by atoms with Crippen LogP contribution in [0.3, 0.4) is 0 Å². The molecule has 3 aliphatic rings. The maximum atomic E-state index is 14.9. The summed E-state index contributed by atoms with van der Waals surface area (Å²) >= 11 is 0. The summed E-state index contributed by atoms with van der Waals surface area (Å²) in [5.41, 5.74) is -2.67. The van der Waals surface area contributed by atoms with E-state index >= 15 is 0 Å². The van der Waals surface area contributed by atoms with Gasteiger partial charge in [-0.3, -0.25) is 14.4 Å². The first kappa shape index (κ1) is 32.3. The molecular weight excluding hydrogens is 506 g/mol. The zero-order valence-corrected chi connectivity index (χ0v) is 26.5. The van der Waals surface area contributed by atoms with Crippen LogP contribution >= 0.6 is 0 Å². The number of ether oxygens (including phenoxy) is 1. The molecule has 2 bridgehead atoms. The van der Waals surface area contributed by atoms with Crippen molar-refractivity contribution in [2.24, 2.45) is 29.1 Å². The smallest absolute Gasteiger partial charge is 0.249 e. The Bertz CT molecular complexity index is 1030. The van der Waals surface area contributed by atoms with Crippen LogP contribution in [0.4, 0.5) is 0 Å². The second kappa shape index (κ2) is 10.9. The monoisotopic (exact) mass is 559 g/mol. The summed E-state index contributed by atoms with van der Waals surface area (Å²) in [6.45, 7) is 26.5. The van der Waals surface area contributed by atoms with Crippen LogP contribution in [0.15, 0.2) is 25.3 Å². The Morgan fingerprint density at radius 1 is 1.15 bits per heavy atom. The molecule has 7 atom stereocenters. The highest BCUT2D eigenvalue weighted by Gasteiger charge is 2.80. The molecule has 0 radical (unpaired) electrons. The molecular formula is C32H53N3O5. The lowest BCUT2D eigenvalue weighted by molar-refractivity contribution is -0.161. The van der Waals surface area contributed by atoms with Crippen LogP contribution in [0.2, 0.25) is 0 Å². The summed E-state index contributed by atoms with van der Waals surface area (Å²) in [5, 5.41) is 10.5. The summed E-state index contributed by atoms with van der Waals surface area (Å²) in [6, 6.07) is -1.55. The number of nitrogens with zero attached hydrogens (tertiary/aromatic N) is 3. The molecule has 3 unspecified atom stereocenters. The Hall–Kier alpha value is -2.19. The molecule has 0 saturated carbocycles. The Kier molecular flexibility index (Phi) is 8.81. The molecule has 3 saturated heterocycles. The molecule has 8 nitrogen and oxygen atoms in total. The minimum atomic E-state index is -1.17. The number of carbonyl (C=O) groups excluding carboxylic acids is 3. The SMILES string of the molecule is C=CCN(C)C(=O)[C@@H]1[C@H]2C(=O)N([C@@H](CO)C(C)C)C(C(=O)N(CC=C)C(C)(C)CC(C)(C)C)C23CC(C)[C@@]1(C)O3. The molecule has 0 aromatic heterocycles. The first-order valence-electron chi connectivity index (χ1n) is 14.8. The quantitative estimate of drug-likeness (QED) is 0.388. The van der Waals surface area contributed by atoms with E-state index in [1.54, 1.807) is 29.0 Å². The van der Waals surface area contributed by atoms with E-state index in [2.05, 4.69) is 47.8 Å². The number of likely N-dealkylation sites (tertiary alicyclic amines) is 1. The second-order valence-corrected chi connectivity index (χ2v) is 14.7. The van der Waals surface area contributed by atoms with E-state index in [1.165, 1.54) is 0 Å². The lowest BCUT2D eigenvalue weighted by Gasteiger charge is -2.47. The van der Waals surface area contributed by atoms with E-state index in [4.69, 9.17) is 4.74 Å².